The first-order chi connectivity index (χ1) is 5.55. The number of rotatable bonds is 2. The zero-order valence-electron chi connectivity index (χ0n) is 8.47. The smallest absolute Gasteiger partial charge is 0.384 e. The molecule has 0 fully saturated rings. The van der Waals surface area contributed by atoms with E-state index in [1.54, 1.807) is 0 Å². The van der Waals surface area contributed by atoms with Gasteiger partial charge in [0, 0.05) is 6.42 Å². The number of hydrogen-bond acceptors (Lipinski definition) is 2. The molecule has 0 bridgehead atoms. The van der Waals surface area contributed by atoms with E-state index in [1.165, 1.54) is 0 Å². The summed E-state index contributed by atoms with van der Waals surface area (Å²) in [5.74, 6) is 0. The van der Waals surface area contributed by atoms with Gasteiger partial charge in [0.1, 0.15) is 0 Å². The summed E-state index contributed by atoms with van der Waals surface area (Å²) in [6.45, 7) is 0. The van der Waals surface area contributed by atoms with Crippen molar-refractivity contribution in [2.75, 3.05) is 0 Å². The maximum atomic E-state index is 11.5. The van der Waals surface area contributed by atoms with E-state index in [0.717, 1.165) is 0 Å². The van der Waals surface area contributed by atoms with Crippen LogP contribution in [0, 0.1) is 14.9 Å². The topological polar surface area (TPSA) is 40.5 Å². The van der Waals surface area contributed by atoms with Gasteiger partial charge in [-0.2, -0.15) is 26.3 Å². The maximum Gasteiger partial charge on any atom is 2.00 e. The molecule has 0 aliphatic rings. The second kappa shape index (κ2) is 8.22. The van der Waals surface area contributed by atoms with Crippen LogP contribution in [0.4, 0.5) is 26.3 Å². The molecule has 2 atom stereocenters. The van der Waals surface area contributed by atoms with Crippen molar-refractivity contribution in [1.29, 1.82) is 0 Å². The standard InChI is InChI=1S/C5H6F6O2.2CH3.V/c6-4(7,8)2(12)1-3(13)5(9,10)11;;;/h2-3,12-13H,1H2;2*1H3;/q;2*-1;+2. The average molecular weight is 293 g/mol. The molecule has 0 aliphatic heterocycles. The van der Waals surface area contributed by atoms with Gasteiger partial charge in [0.05, 0.1) is 0 Å². The van der Waals surface area contributed by atoms with Gasteiger partial charge in [-0.15, -0.1) is 0 Å². The van der Waals surface area contributed by atoms with Crippen molar-refractivity contribution in [2.24, 2.45) is 0 Å². The minimum atomic E-state index is -5.15. The van der Waals surface area contributed by atoms with Crippen LogP contribution in [0.15, 0.2) is 0 Å². The van der Waals surface area contributed by atoms with Crippen LogP contribution in [0.5, 0.6) is 0 Å². The van der Waals surface area contributed by atoms with E-state index >= 15 is 0 Å². The van der Waals surface area contributed by atoms with Gasteiger partial charge in [-0.3, -0.25) is 0 Å². The van der Waals surface area contributed by atoms with E-state index < -0.39 is 31.0 Å². The van der Waals surface area contributed by atoms with E-state index in [-0.39, 0.29) is 33.4 Å². The Hall–Kier alpha value is 0.0844. The van der Waals surface area contributed by atoms with E-state index in [2.05, 4.69) is 0 Å². The molecule has 1 radical (unpaired) electrons. The number of alkyl halides is 6. The molecule has 0 rings (SSSR count). The summed E-state index contributed by atoms with van der Waals surface area (Å²) >= 11 is 0. The summed E-state index contributed by atoms with van der Waals surface area (Å²) in [5.41, 5.74) is 0. The normalized spacial score (nSPS) is 15.0. The largest absolute Gasteiger partial charge is 2.00 e. The third-order valence-corrected chi connectivity index (χ3v) is 1.20. The molecule has 2 N–H and O–H groups in total. The SMILES string of the molecule is OC(CC(O)C(F)(F)F)C(F)(F)F.[CH3-].[CH3-].[V+2]. The van der Waals surface area contributed by atoms with Crippen LogP contribution >= 0.6 is 0 Å². The Balaban J connectivity index is -0.000000240. The van der Waals surface area contributed by atoms with Crippen LogP contribution in [-0.4, -0.2) is 34.8 Å². The Bertz CT molecular complexity index is 151. The predicted octanol–water partition coefficient (Wildman–Crippen LogP) is 2.12. The summed E-state index contributed by atoms with van der Waals surface area (Å²) in [5, 5.41) is 16.3. The molecule has 9 heteroatoms. The quantitative estimate of drug-likeness (QED) is 0.605. The van der Waals surface area contributed by atoms with Crippen LogP contribution in [0.2, 0.25) is 0 Å². The molecule has 0 saturated heterocycles. The first-order valence-corrected chi connectivity index (χ1v) is 3.04. The van der Waals surface area contributed by atoms with E-state index in [1.807, 2.05) is 0 Å². The van der Waals surface area contributed by atoms with Crippen molar-refractivity contribution >= 4 is 0 Å². The Morgan fingerprint density at radius 2 is 0.938 bits per heavy atom. The van der Waals surface area contributed by atoms with Crippen molar-refractivity contribution in [2.45, 2.75) is 31.0 Å². The van der Waals surface area contributed by atoms with Crippen LogP contribution in [0.25, 0.3) is 0 Å². The molecule has 2 unspecified atom stereocenters. The molecular weight excluding hydrogens is 281 g/mol. The Labute approximate surface area is 102 Å². The van der Waals surface area contributed by atoms with Crippen molar-refractivity contribution < 1.29 is 55.1 Å². The molecule has 2 nitrogen and oxygen atoms in total. The second-order valence-corrected chi connectivity index (χ2v) is 2.35. The summed E-state index contributed by atoms with van der Waals surface area (Å²) in [7, 11) is 0. The van der Waals surface area contributed by atoms with Gasteiger partial charge in [0.15, 0.2) is 12.2 Å². The molecule has 0 heterocycles. The predicted molar refractivity (Wildman–Crippen MR) is 41.6 cm³/mol. The summed E-state index contributed by atoms with van der Waals surface area (Å²) in [4.78, 5) is 0. The first kappa shape index (κ1) is 25.1. The monoisotopic (exact) mass is 293 g/mol. The Morgan fingerprint density at radius 1 is 0.750 bits per heavy atom. The van der Waals surface area contributed by atoms with Gasteiger partial charge in [-0.25, -0.2) is 0 Å². The summed E-state index contributed by atoms with van der Waals surface area (Å²) in [6.07, 6.45) is -18.4. The zero-order chi connectivity index (χ0) is 10.9. The number of aliphatic hydroxyl groups is 2. The molecule has 0 spiro atoms. The number of aliphatic hydroxyl groups excluding tert-OH is 2. The zero-order valence-corrected chi connectivity index (χ0v) is 9.87. The molecule has 0 amide bonds. The van der Waals surface area contributed by atoms with Crippen molar-refractivity contribution in [3.8, 4) is 0 Å². The van der Waals surface area contributed by atoms with Crippen LogP contribution < -0.4 is 0 Å². The van der Waals surface area contributed by atoms with Crippen molar-refractivity contribution in [1.82, 2.24) is 0 Å². The molecule has 99 valence electrons. The van der Waals surface area contributed by atoms with Gasteiger partial charge >= 0.3 is 30.9 Å². The molecular formula is C7H12F6O2V. The maximum absolute atomic E-state index is 11.5. The minimum absolute atomic E-state index is 0. The fourth-order valence-corrected chi connectivity index (χ4v) is 0.479. The third-order valence-electron chi connectivity index (χ3n) is 1.20. The Morgan fingerprint density at radius 3 is 1.06 bits per heavy atom. The molecule has 0 aromatic rings. The molecule has 0 aliphatic carbocycles. The van der Waals surface area contributed by atoms with Gasteiger partial charge in [0.2, 0.25) is 0 Å². The molecule has 0 aromatic carbocycles. The van der Waals surface area contributed by atoms with Crippen LogP contribution in [0.3, 0.4) is 0 Å². The van der Waals surface area contributed by atoms with Gasteiger partial charge in [-0.05, 0) is 0 Å². The van der Waals surface area contributed by atoms with Gasteiger partial charge in [-0.1, -0.05) is 0 Å². The van der Waals surface area contributed by atoms with E-state index in [4.69, 9.17) is 10.2 Å². The molecule has 0 aromatic heterocycles. The Kier molecular flexibility index (Phi) is 12.9. The van der Waals surface area contributed by atoms with E-state index in [9.17, 15) is 26.3 Å². The fraction of sp³-hybridized carbons (Fsp3) is 0.714. The van der Waals surface area contributed by atoms with Gasteiger partial charge < -0.3 is 25.1 Å². The van der Waals surface area contributed by atoms with Crippen molar-refractivity contribution in [3.05, 3.63) is 14.9 Å². The molecule has 16 heavy (non-hydrogen) atoms. The third kappa shape index (κ3) is 9.32. The summed E-state index contributed by atoms with van der Waals surface area (Å²) < 4.78 is 68.8. The number of halogens is 6. The number of hydrogen-bond donors (Lipinski definition) is 2. The van der Waals surface area contributed by atoms with Crippen molar-refractivity contribution in [3.63, 3.8) is 0 Å². The van der Waals surface area contributed by atoms with E-state index in [0.29, 0.717) is 0 Å². The second-order valence-electron chi connectivity index (χ2n) is 2.35. The van der Waals surface area contributed by atoms with Gasteiger partial charge in [0.25, 0.3) is 0 Å². The van der Waals surface area contributed by atoms with Crippen LogP contribution in [0.1, 0.15) is 6.42 Å². The minimum Gasteiger partial charge on any atom is -0.384 e. The van der Waals surface area contributed by atoms with Crippen LogP contribution in [-0.2, 0) is 18.6 Å². The summed E-state index contributed by atoms with van der Waals surface area (Å²) in [6, 6.07) is 0. The molecule has 0 saturated carbocycles. The average Bonchev–Trinajstić information content (AvgIpc) is 1.82. The fourth-order valence-electron chi connectivity index (χ4n) is 0.479. The first-order valence-electron chi connectivity index (χ1n) is 3.04.